The summed E-state index contributed by atoms with van der Waals surface area (Å²) in [4.78, 5) is 13.7. The quantitative estimate of drug-likeness (QED) is 0.170. The molecule has 0 radical (unpaired) electrons. The molecule has 0 amide bonds. The van der Waals surface area contributed by atoms with Crippen molar-refractivity contribution in [2.45, 2.75) is 0 Å². The first-order valence-corrected chi connectivity index (χ1v) is 16.7. The fourth-order valence-electron chi connectivity index (χ4n) is 6.65. The molecule has 262 valence electrons. The molecule has 0 bridgehead atoms. The van der Waals surface area contributed by atoms with Gasteiger partial charge >= 0.3 is 0 Å². The Hall–Kier alpha value is -7.63. The Morgan fingerprint density at radius 3 is 1.71 bits per heavy atom. The molecule has 0 spiro atoms. The van der Waals surface area contributed by atoms with E-state index in [4.69, 9.17) is 28.8 Å². The van der Waals surface area contributed by atoms with Crippen LogP contribution in [-0.4, -0.2) is 24.1 Å². The highest BCUT2D eigenvalue weighted by Crippen LogP contribution is 2.42. The largest absolute Gasteiger partial charge is 0.309 e. The minimum Gasteiger partial charge on any atom is -0.309 e. The zero-order valence-electron chi connectivity index (χ0n) is 55.2. The van der Waals surface area contributed by atoms with Crippen LogP contribution in [0.5, 0.6) is 0 Å². The monoisotopic (exact) mass is 742 g/mol. The maximum absolute atomic E-state index is 9.79. The predicted molar refractivity (Wildman–Crippen MR) is 230 cm³/mol. The third-order valence-corrected chi connectivity index (χ3v) is 8.93. The average Bonchev–Trinajstić information content (AvgIpc) is 1.79. The van der Waals surface area contributed by atoms with Gasteiger partial charge in [0.05, 0.1) is 59.1 Å². The number of hydrogen-bond acceptors (Lipinski definition) is 3. The standard InChI is InChI=1S/C51H33N5/c1-4-16-34(17-5-1)37-22-14-24-39(32-37)50-52-49(36-20-8-3-9-21-36)53-51(54-50)56-45-29-13-11-27-43(45)47-46(56)31-30-42-41-26-10-12-28-44(41)55(48(42)47)40-25-15-23-38(33-40)35-18-6-2-7-19-35/h1-33H/i1D,2D,3D,4D,5D,6D,7D,8D,9D,11D,13D,14D,15D,16D,17D,18D,19D,20D,21D,22D,23D,24D,25D,27D,29D,32D,33D. The minimum absolute atomic E-state index is 0.0428. The fourth-order valence-corrected chi connectivity index (χ4v) is 6.65. The van der Waals surface area contributed by atoms with Crippen LogP contribution in [-0.2, 0) is 0 Å². The summed E-state index contributed by atoms with van der Waals surface area (Å²) in [5, 5.41) is 0.231. The van der Waals surface area contributed by atoms with E-state index in [-0.39, 0.29) is 32.7 Å². The maximum Gasteiger partial charge on any atom is 0.238 e. The van der Waals surface area contributed by atoms with Crippen LogP contribution in [0.4, 0.5) is 0 Å². The van der Waals surface area contributed by atoms with Gasteiger partial charge in [-0.25, -0.2) is 4.98 Å². The lowest BCUT2D eigenvalue weighted by atomic mass is 10.0. The Morgan fingerprint density at radius 2 is 0.964 bits per heavy atom. The van der Waals surface area contributed by atoms with E-state index in [1.165, 1.54) is 16.7 Å². The third-order valence-electron chi connectivity index (χ3n) is 8.93. The SMILES string of the molecule is [2H]c1c([2H])c([2H])c(-c2nc(-c3c([2H])c([2H])c([2H])c(-c4c([2H])c([2H])c([2H])c([2H])c4[2H])c3[2H])nc(-n3c4ccc5c6ccccc6n(-c6c([2H])c([2H])c([2H])c(-c7c([2H])c([2H])c([2H])c([2H])c7[2H])c6[2H])c5c4c4c([2H])c([2H])c([2H])c([2H])c43)n2)c([2H])c1[2H]. The number of fused-ring (bicyclic) bond motifs is 7. The molecule has 5 heteroatoms. The second-order valence-corrected chi connectivity index (χ2v) is 12.0. The van der Waals surface area contributed by atoms with Crippen molar-refractivity contribution in [1.82, 2.24) is 24.1 Å². The normalized spacial score (nSPS) is 18.3. The number of rotatable bonds is 6. The van der Waals surface area contributed by atoms with E-state index < -0.39 is 225 Å². The van der Waals surface area contributed by atoms with Gasteiger partial charge in [0.15, 0.2) is 11.6 Å². The number of para-hydroxylation sites is 2. The molecule has 3 heterocycles. The molecule has 0 N–H and O–H groups in total. The molecule has 0 aliphatic rings. The van der Waals surface area contributed by atoms with E-state index in [9.17, 15) is 8.22 Å². The van der Waals surface area contributed by atoms with Crippen molar-refractivity contribution in [3.05, 3.63) is 200 Å². The van der Waals surface area contributed by atoms with Gasteiger partial charge in [-0.2, -0.15) is 9.97 Å². The van der Waals surface area contributed by atoms with Crippen molar-refractivity contribution >= 4 is 43.6 Å². The first kappa shape index (κ1) is 14.9. The van der Waals surface area contributed by atoms with Gasteiger partial charge in [0.2, 0.25) is 5.95 Å². The molecule has 11 rings (SSSR count). The van der Waals surface area contributed by atoms with Crippen LogP contribution in [0.1, 0.15) is 37.0 Å². The summed E-state index contributed by atoms with van der Waals surface area (Å²) in [7, 11) is 0. The van der Waals surface area contributed by atoms with E-state index >= 15 is 0 Å². The first-order valence-electron chi connectivity index (χ1n) is 30.2. The summed E-state index contributed by atoms with van der Waals surface area (Å²) in [6, 6.07) is -13.5. The topological polar surface area (TPSA) is 48.5 Å². The van der Waals surface area contributed by atoms with E-state index in [1.54, 1.807) is 24.3 Å². The summed E-state index contributed by atoms with van der Waals surface area (Å²) in [5.74, 6) is -2.32. The van der Waals surface area contributed by atoms with Gasteiger partial charge in [0.1, 0.15) is 0 Å². The van der Waals surface area contributed by atoms with Crippen molar-refractivity contribution in [2.24, 2.45) is 0 Å². The van der Waals surface area contributed by atoms with Crippen molar-refractivity contribution in [3.63, 3.8) is 0 Å². The average molecular weight is 743 g/mol. The molecule has 0 atom stereocenters. The van der Waals surface area contributed by atoms with Gasteiger partial charge in [0, 0.05) is 38.4 Å². The third kappa shape index (κ3) is 5.21. The van der Waals surface area contributed by atoms with Crippen LogP contribution in [0.3, 0.4) is 0 Å². The molecule has 0 saturated carbocycles. The lowest BCUT2D eigenvalue weighted by Gasteiger charge is -2.12. The van der Waals surface area contributed by atoms with E-state index in [2.05, 4.69) is 15.0 Å². The minimum atomic E-state index is -0.975. The van der Waals surface area contributed by atoms with E-state index in [0.717, 1.165) is 4.57 Å². The first-order chi connectivity index (χ1) is 39.0. The lowest BCUT2D eigenvalue weighted by molar-refractivity contribution is 0.953. The van der Waals surface area contributed by atoms with Gasteiger partial charge < -0.3 is 4.57 Å². The smallest absolute Gasteiger partial charge is 0.238 e. The highest BCUT2D eigenvalue weighted by molar-refractivity contribution is 6.26. The van der Waals surface area contributed by atoms with Crippen LogP contribution in [0.2, 0.25) is 0 Å². The summed E-state index contributed by atoms with van der Waals surface area (Å²) < 4.78 is 242. The Kier molecular flexibility index (Phi) is 3.47. The molecule has 5 nitrogen and oxygen atoms in total. The molecule has 0 aliphatic heterocycles. The van der Waals surface area contributed by atoms with E-state index in [0.29, 0.717) is 5.39 Å². The molecule has 56 heavy (non-hydrogen) atoms. The van der Waals surface area contributed by atoms with Crippen molar-refractivity contribution in [1.29, 1.82) is 0 Å². The zero-order chi connectivity index (χ0) is 60.5. The summed E-state index contributed by atoms with van der Waals surface area (Å²) in [6.45, 7) is 0. The predicted octanol–water partition coefficient (Wildman–Crippen LogP) is 12.7. The zero-order valence-corrected chi connectivity index (χ0v) is 28.2. The number of benzene rings is 8. The number of hydrogen-bond donors (Lipinski definition) is 0. The molecule has 11 aromatic rings. The van der Waals surface area contributed by atoms with Gasteiger partial charge in [-0.3, -0.25) is 4.57 Å². The van der Waals surface area contributed by atoms with Gasteiger partial charge in [0.25, 0.3) is 0 Å². The van der Waals surface area contributed by atoms with Gasteiger partial charge in [-0.15, -0.1) is 0 Å². The van der Waals surface area contributed by atoms with Crippen LogP contribution in [0.25, 0.3) is 100 Å². The number of aromatic nitrogens is 5. The summed E-state index contributed by atoms with van der Waals surface area (Å²) in [5.41, 5.74) is -5.11. The second-order valence-electron chi connectivity index (χ2n) is 12.0. The molecular weight excluding hydrogens is 683 g/mol. The van der Waals surface area contributed by atoms with E-state index in [1.807, 2.05) is 0 Å². The fraction of sp³-hybridized carbons (Fsp3) is 0. The van der Waals surface area contributed by atoms with Crippen LogP contribution in [0.15, 0.2) is 200 Å². The molecule has 0 saturated heterocycles. The van der Waals surface area contributed by atoms with Crippen molar-refractivity contribution in [3.8, 4) is 56.7 Å². The Bertz CT molecular complexity index is 4750. The molecule has 3 aromatic heterocycles. The molecule has 0 unspecified atom stereocenters. The summed E-state index contributed by atoms with van der Waals surface area (Å²) in [6.07, 6.45) is 0. The maximum atomic E-state index is 9.79. The molecule has 8 aromatic carbocycles. The lowest BCUT2D eigenvalue weighted by Crippen LogP contribution is -2.06. The second kappa shape index (κ2) is 13.0. The Balaban J connectivity index is 1.35. The van der Waals surface area contributed by atoms with Crippen LogP contribution < -0.4 is 0 Å². The van der Waals surface area contributed by atoms with Crippen LogP contribution >= 0.6 is 0 Å². The molecule has 0 fully saturated rings. The van der Waals surface area contributed by atoms with Gasteiger partial charge in [-0.05, 0) is 58.6 Å². The van der Waals surface area contributed by atoms with Gasteiger partial charge in [-0.1, -0.05) is 163 Å². The molecular formula is C51H33N5. The highest BCUT2D eigenvalue weighted by atomic mass is 15.2. The number of nitrogens with zero attached hydrogens (tertiary/aromatic N) is 5. The Labute approximate surface area is 361 Å². The Morgan fingerprint density at radius 1 is 0.375 bits per heavy atom. The van der Waals surface area contributed by atoms with Crippen molar-refractivity contribution in [2.75, 3.05) is 0 Å². The summed E-state index contributed by atoms with van der Waals surface area (Å²) >= 11 is 0. The highest BCUT2D eigenvalue weighted by Gasteiger charge is 2.23. The van der Waals surface area contributed by atoms with Crippen LogP contribution in [0, 0.1) is 0 Å². The molecule has 0 aliphatic carbocycles. The van der Waals surface area contributed by atoms with Crippen molar-refractivity contribution < 1.29 is 37.0 Å².